The Morgan fingerprint density at radius 1 is 1.27 bits per heavy atom. The summed E-state index contributed by atoms with van der Waals surface area (Å²) in [5.41, 5.74) is 2.55. The van der Waals surface area contributed by atoms with Crippen molar-refractivity contribution >= 4 is 39.2 Å². The molecule has 26 heavy (non-hydrogen) atoms. The molecule has 4 nitrogen and oxygen atoms in total. The monoisotopic (exact) mass is 383 g/mol. The van der Waals surface area contributed by atoms with Gasteiger partial charge in [-0.15, -0.1) is 11.3 Å². The maximum atomic E-state index is 12.8. The van der Waals surface area contributed by atoms with E-state index in [1.54, 1.807) is 34.3 Å². The second kappa shape index (κ2) is 7.37. The van der Waals surface area contributed by atoms with Crippen molar-refractivity contribution in [3.05, 3.63) is 52.7 Å². The van der Waals surface area contributed by atoms with Gasteiger partial charge in [-0.2, -0.15) is 0 Å². The quantitative estimate of drug-likeness (QED) is 0.486. The third-order valence-electron chi connectivity index (χ3n) is 4.74. The van der Waals surface area contributed by atoms with Gasteiger partial charge >= 0.3 is 0 Å². The summed E-state index contributed by atoms with van der Waals surface area (Å²) in [6.07, 6.45) is 5.09. The zero-order valence-corrected chi connectivity index (χ0v) is 16.6. The Kier molecular flexibility index (Phi) is 4.96. The molecular formula is C20H21N3OS2. The van der Waals surface area contributed by atoms with Crippen molar-refractivity contribution in [1.29, 1.82) is 0 Å². The second-order valence-corrected chi connectivity index (χ2v) is 9.07. The van der Waals surface area contributed by atoms with E-state index >= 15 is 0 Å². The van der Waals surface area contributed by atoms with Crippen LogP contribution in [0.4, 0.5) is 0 Å². The molecule has 1 amide bonds. The Labute approximate surface area is 161 Å². The van der Waals surface area contributed by atoms with Gasteiger partial charge in [0.2, 0.25) is 5.91 Å². The number of carbonyl (C=O) groups excluding carboxylic acids is 1. The summed E-state index contributed by atoms with van der Waals surface area (Å²) in [5.74, 6) is 0.123. The number of amides is 1. The zero-order chi connectivity index (χ0) is 18.1. The minimum absolute atomic E-state index is 0.123. The number of nitrogens with zero attached hydrogens (tertiary/aromatic N) is 3. The lowest BCUT2D eigenvalue weighted by Crippen LogP contribution is -2.32. The highest BCUT2D eigenvalue weighted by molar-refractivity contribution is 8.00. The molecule has 4 rings (SSSR count). The second-order valence-electron chi connectivity index (χ2n) is 6.66. The number of benzene rings is 1. The largest absolute Gasteiger partial charge is 0.340 e. The van der Waals surface area contributed by atoms with Gasteiger partial charge in [-0.1, -0.05) is 42.1 Å². The highest BCUT2D eigenvalue weighted by Crippen LogP contribution is 2.40. The summed E-state index contributed by atoms with van der Waals surface area (Å²) >= 11 is 3.34. The van der Waals surface area contributed by atoms with Gasteiger partial charge in [-0.25, -0.2) is 9.97 Å². The van der Waals surface area contributed by atoms with E-state index in [0.717, 1.165) is 28.3 Å². The molecule has 0 saturated heterocycles. The number of fused-ring (bicyclic) bond motifs is 3. The Morgan fingerprint density at radius 3 is 2.88 bits per heavy atom. The summed E-state index contributed by atoms with van der Waals surface area (Å²) < 4.78 is 0. The van der Waals surface area contributed by atoms with E-state index < -0.39 is 0 Å². The third-order valence-corrected chi connectivity index (χ3v) is 7.03. The first-order valence-electron chi connectivity index (χ1n) is 8.84. The third kappa shape index (κ3) is 3.35. The van der Waals surface area contributed by atoms with Crippen LogP contribution in [0.3, 0.4) is 0 Å². The average Bonchev–Trinajstić information content (AvgIpc) is 3.23. The number of rotatable bonds is 5. The highest BCUT2D eigenvalue weighted by Gasteiger charge is 2.25. The molecule has 134 valence electrons. The van der Waals surface area contributed by atoms with Gasteiger partial charge in [0.15, 0.2) is 0 Å². The molecule has 0 aliphatic heterocycles. The van der Waals surface area contributed by atoms with Crippen molar-refractivity contribution in [1.82, 2.24) is 14.9 Å². The maximum absolute atomic E-state index is 12.8. The lowest BCUT2D eigenvalue weighted by atomic mass is 10.2. The average molecular weight is 384 g/mol. The molecule has 0 saturated carbocycles. The van der Waals surface area contributed by atoms with Crippen LogP contribution in [0, 0.1) is 0 Å². The van der Waals surface area contributed by atoms with Crippen molar-refractivity contribution in [2.24, 2.45) is 0 Å². The van der Waals surface area contributed by atoms with Crippen LogP contribution < -0.4 is 0 Å². The summed E-state index contributed by atoms with van der Waals surface area (Å²) in [6.45, 7) is 2.59. The van der Waals surface area contributed by atoms with Gasteiger partial charge in [0.25, 0.3) is 0 Å². The van der Waals surface area contributed by atoms with Crippen LogP contribution in [-0.2, 0) is 24.2 Å². The van der Waals surface area contributed by atoms with Crippen LogP contribution in [0.15, 0.2) is 41.7 Å². The molecule has 3 aromatic rings. The summed E-state index contributed by atoms with van der Waals surface area (Å²) in [6, 6.07) is 10.1. The fourth-order valence-electron chi connectivity index (χ4n) is 3.45. The van der Waals surface area contributed by atoms with Crippen LogP contribution in [0.2, 0.25) is 0 Å². The van der Waals surface area contributed by atoms with Crippen LogP contribution >= 0.6 is 23.1 Å². The molecule has 1 aromatic carbocycles. The summed E-state index contributed by atoms with van der Waals surface area (Å²) in [7, 11) is 1.87. The number of hydrogen-bond acceptors (Lipinski definition) is 5. The highest BCUT2D eigenvalue weighted by atomic mass is 32.2. The number of thiophene rings is 1. The fourth-order valence-corrected chi connectivity index (χ4v) is 5.81. The molecule has 1 aliphatic rings. The van der Waals surface area contributed by atoms with Crippen molar-refractivity contribution in [3.8, 4) is 0 Å². The van der Waals surface area contributed by atoms with Crippen molar-refractivity contribution < 1.29 is 4.79 Å². The predicted molar refractivity (Wildman–Crippen MR) is 108 cm³/mol. The number of aromatic nitrogens is 2. The van der Waals surface area contributed by atoms with E-state index in [1.165, 1.54) is 22.2 Å². The van der Waals surface area contributed by atoms with Crippen LogP contribution in [0.25, 0.3) is 10.2 Å². The number of carbonyl (C=O) groups is 1. The summed E-state index contributed by atoms with van der Waals surface area (Å²) in [4.78, 5) is 26.1. The minimum Gasteiger partial charge on any atom is -0.340 e. The molecule has 0 radical (unpaired) electrons. The van der Waals surface area contributed by atoms with Crippen LogP contribution in [-0.4, -0.2) is 33.1 Å². The van der Waals surface area contributed by atoms with Gasteiger partial charge in [-0.05, 0) is 37.3 Å². The molecule has 1 atom stereocenters. The van der Waals surface area contributed by atoms with E-state index in [-0.39, 0.29) is 11.2 Å². The SMILES string of the molecule is CC(Sc1ncnc2sc3c(c12)CCC3)C(=O)N(C)Cc1ccccc1. The van der Waals surface area contributed by atoms with E-state index in [9.17, 15) is 4.79 Å². The minimum atomic E-state index is -0.182. The lowest BCUT2D eigenvalue weighted by Gasteiger charge is -2.21. The van der Waals surface area contributed by atoms with Gasteiger partial charge < -0.3 is 4.90 Å². The van der Waals surface area contributed by atoms with Crippen LogP contribution in [0.1, 0.15) is 29.3 Å². The molecule has 6 heteroatoms. The maximum Gasteiger partial charge on any atom is 0.235 e. The number of aryl methyl sites for hydroxylation is 2. The van der Waals surface area contributed by atoms with Gasteiger partial charge in [0.05, 0.1) is 5.25 Å². The molecule has 0 spiro atoms. The molecule has 1 unspecified atom stereocenters. The Balaban J connectivity index is 1.52. The van der Waals surface area contributed by atoms with Gasteiger partial charge in [0, 0.05) is 23.9 Å². The van der Waals surface area contributed by atoms with Crippen molar-refractivity contribution in [2.45, 2.75) is 43.0 Å². The smallest absolute Gasteiger partial charge is 0.235 e. The standard InChI is InChI=1S/C20H21N3OS2/c1-13(20(24)23(2)11-14-7-4-3-5-8-14)25-18-17-15-9-6-10-16(15)26-19(17)22-12-21-18/h3-5,7-8,12-13H,6,9-11H2,1-2H3. The Bertz CT molecular complexity index is 939. The number of hydrogen-bond donors (Lipinski definition) is 0. The van der Waals surface area contributed by atoms with E-state index in [0.29, 0.717) is 6.54 Å². The Morgan fingerprint density at radius 2 is 2.08 bits per heavy atom. The van der Waals surface area contributed by atoms with Crippen molar-refractivity contribution in [2.75, 3.05) is 7.05 Å². The molecular weight excluding hydrogens is 362 g/mol. The predicted octanol–water partition coefficient (Wildman–Crippen LogP) is 4.32. The van der Waals surface area contributed by atoms with Crippen LogP contribution in [0.5, 0.6) is 0 Å². The molecule has 0 N–H and O–H groups in total. The zero-order valence-electron chi connectivity index (χ0n) is 14.9. The lowest BCUT2D eigenvalue weighted by molar-refractivity contribution is -0.129. The molecule has 2 aromatic heterocycles. The normalized spacial score (nSPS) is 14.4. The first-order chi connectivity index (χ1) is 12.6. The fraction of sp³-hybridized carbons (Fsp3) is 0.350. The number of thioether (sulfide) groups is 1. The molecule has 0 bridgehead atoms. The first kappa shape index (κ1) is 17.5. The molecule has 1 aliphatic carbocycles. The topological polar surface area (TPSA) is 46.1 Å². The first-order valence-corrected chi connectivity index (χ1v) is 10.5. The van der Waals surface area contributed by atoms with Gasteiger partial charge in [0.1, 0.15) is 16.2 Å². The summed E-state index contributed by atoms with van der Waals surface area (Å²) in [5, 5.41) is 1.95. The Hall–Kier alpha value is -1.92. The van der Waals surface area contributed by atoms with Gasteiger partial charge in [-0.3, -0.25) is 4.79 Å². The van der Waals surface area contributed by atoms with E-state index in [2.05, 4.69) is 9.97 Å². The van der Waals surface area contributed by atoms with E-state index in [1.807, 2.05) is 44.3 Å². The molecule has 2 heterocycles. The van der Waals surface area contributed by atoms with E-state index in [4.69, 9.17) is 0 Å². The van der Waals surface area contributed by atoms with Crippen molar-refractivity contribution in [3.63, 3.8) is 0 Å². The molecule has 0 fully saturated rings.